The van der Waals surface area contributed by atoms with Crippen molar-refractivity contribution >= 4 is 22.1 Å². The van der Waals surface area contributed by atoms with Crippen molar-refractivity contribution in [3.63, 3.8) is 0 Å². The highest BCUT2D eigenvalue weighted by Gasteiger charge is 2.36. The second-order valence-electron chi connectivity index (χ2n) is 7.50. The van der Waals surface area contributed by atoms with E-state index in [1.165, 1.54) is 13.8 Å². The molecule has 0 aromatic heterocycles. The minimum Gasteiger partial charge on any atom is -0.748 e. The Morgan fingerprint density at radius 2 is 1.69 bits per heavy atom. The topological polar surface area (TPSA) is 119 Å². The highest BCUT2D eigenvalue weighted by atomic mass is 32.2. The zero-order valence-electron chi connectivity index (χ0n) is 18.5. The summed E-state index contributed by atoms with van der Waals surface area (Å²) in [7, 11) is -4.60. The van der Waals surface area contributed by atoms with E-state index >= 15 is 0 Å². The molecule has 0 atom stereocenters. The van der Waals surface area contributed by atoms with Gasteiger partial charge in [0.05, 0.1) is 27.0 Å². The van der Waals surface area contributed by atoms with E-state index in [-0.39, 0.29) is 5.56 Å². The molecule has 0 aliphatic heterocycles. The van der Waals surface area contributed by atoms with Crippen LogP contribution >= 0.6 is 0 Å². The molecule has 2 aromatic carbocycles. The zero-order chi connectivity index (χ0) is 26.3. The second kappa shape index (κ2) is 11.2. The van der Waals surface area contributed by atoms with Crippen LogP contribution in [0.4, 0.5) is 13.2 Å². The van der Waals surface area contributed by atoms with Crippen molar-refractivity contribution in [2.75, 3.05) is 19.0 Å². The molecule has 188 valence electrons. The van der Waals surface area contributed by atoms with Crippen LogP contribution in [0.15, 0.2) is 48.5 Å². The Kier molecular flexibility index (Phi) is 8.89. The van der Waals surface area contributed by atoms with Crippen LogP contribution in [-0.2, 0) is 30.6 Å². The SMILES string of the molecule is CC(C)(C#Cc1ccccc1)Oc1cc(C(=O)OCC(=O)OCCS(=O)(=O)[O-])ccc1C(F)(F)F. The normalized spacial score (nSPS) is 11.7. The summed E-state index contributed by atoms with van der Waals surface area (Å²) in [5, 5.41) is 0. The van der Waals surface area contributed by atoms with Crippen LogP contribution in [-0.4, -0.2) is 49.5 Å². The number of carbonyl (C=O) groups excluding carboxylic acids is 2. The molecule has 35 heavy (non-hydrogen) atoms. The Labute approximate surface area is 199 Å². The van der Waals surface area contributed by atoms with E-state index in [0.29, 0.717) is 11.6 Å². The molecule has 0 aliphatic carbocycles. The first-order valence-corrected chi connectivity index (χ1v) is 11.5. The quantitative estimate of drug-likeness (QED) is 0.300. The van der Waals surface area contributed by atoms with Gasteiger partial charge in [-0.2, -0.15) is 13.2 Å². The Morgan fingerprint density at radius 3 is 2.29 bits per heavy atom. The molecular formula is C23H20F3O8S-. The first-order valence-electron chi connectivity index (χ1n) is 9.91. The van der Waals surface area contributed by atoms with Crippen LogP contribution in [0.1, 0.15) is 35.3 Å². The molecule has 0 aliphatic rings. The van der Waals surface area contributed by atoms with Gasteiger partial charge in [0.2, 0.25) is 0 Å². The monoisotopic (exact) mass is 513 g/mol. The van der Waals surface area contributed by atoms with Crippen LogP contribution in [0.25, 0.3) is 0 Å². The Balaban J connectivity index is 2.16. The van der Waals surface area contributed by atoms with Crippen LogP contribution in [0.2, 0.25) is 0 Å². The highest BCUT2D eigenvalue weighted by molar-refractivity contribution is 7.85. The molecule has 12 heteroatoms. The maximum absolute atomic E-state index is 13.5. The molecule has 0 bridgehead atoms. The summed E-state index contributed by atoms with van der Waals surface area (Å²) < 4.78 is 86.6. The minimum atomic E-state index is -4.80. The summed E-state index contributed by atoms with van der Waals surface area (Å²) in [6.07, 6.45) is -4.80. The Hall–Kier alpha value is -3.56. The number of benzene rings is 2. The van der Waals surface area contributed by atoms with E-state index in [4.69, 9.17) is 4.74 Å². The second-order valence-corrected chi connectivity index (χ2v) is 9.02. The van der Waals surface area contributed by atoms with E-state index in [9.17, 15) is 35.7 Å². The third-order valence-electron chi connectivity index (χ3n) is 4.09. The molecule has 0 fully saturated rings. The van der Waals surface area contributed by atoms with Crippen molar-refractivity contribution in [2.24, 2.45) is 0 Å². The van der Waals surface area contributed by atoms with Crippen molar-refractivity contribution in [3.8, 4) is 17.6 Å². The first kappa shape index (κ1) is 27.7. The number of carbonyl (C=O) groups is 2. The maximum Gasteiger partial charge on any atom is 0.419 e. The number of hydrogen-bond acceptors (Lipinski definition) is 8. The van der Waals surface area contributed by atoms with Crippen molar-refractivity contribution in [1.82, 2.24) is 0 Å². The lowest BCUT2D eigenvalue weighted by atomic mass is 10.1. The third kappa shape index (κ3) is 9.68. The number of ether oxygens (including phenoxy) is 3. The van der Waals surface area contributed by atoms with E-state index in [0.717, 1.165) is 12.1 Å². The van der Waals surface area contributed by atoms with Crippen LogP contribution in [0.3, 0.4) is 0 Å². The first-order chi connectivity index (χ1) is 16.2. The number of halogens is 3. The molecule has 0 spiro atoms. The number of hydrogen-bond donors (Lipinski definition) is 0. The van der Waals surface area contributed by atoms with Gasteiger partial charge in [-0.3, -0.25) is 0 Å². The van der Waals surface area contributed by atoms with Crippen LogP contribution < -0.4 is 4.74 Å². The lowest BCUT2D eigenvalue weighted by molar-refractivity contribution is -0.146. The van der Waals surface area contributed by atoms with Gasteiger partial charge in [-0.25, -0.2) is 18.0 Å². The van der Waals surface area contributed by atoms with Gasteiger partial charge in [0.15, 0.2) is 12.2 Å². The van der Waals surface area contributed by atoms with Crippen molar-refractivity contribution in [1.29, 1.82) is 0 Å². The summed E-state index contributed by atoms with van der Waals surface area (Å²) in [5.41, 5.74) is -2.27. The minimum absolute atomic E-state index is 0.352. The summed E-state index contributed by atoms with van der Waals surface area (Å²) in [6.45, 7) is 1.21. The average molecular weight is 513 g/mol. The van der Waals surface area contributed by atoms with Crippen molar-refractivity contribution in [2.45, 2.75) is 25.6 Å². The number of alkyl halides is 3. The smallest absolute Gasteiger partial charge is 0.419 e. The molecule has 8 nitrogen and oxygen atoms in total. The Bertz CT molecular complexity index is 1230. The molecule has 2 rings (SSSR count). The van der Waals surface area contributed by atoms with Gasteiger partial charge in [-0.05, 0) is 44.2 Å². The molecule has 0 saturated carbocycles. The van der Waals surface area contributed by atoms with E-state index in [2.05, 4.69) is 21.3 Å². The lowest BCUT2D eigenvalue weighted by Gasteiger charge is -2.23. The van der Waals surface area contributed by atoms with Gasteiger partial charge in [-0.1, -0.05) is 30.0 Å². The van der Waals surface area contributed by atoms with Crippen molar-refractivity contribution in [3.05, 3.63) is 65.2 Å². The van der Waals surface area contributed by atoms with Crippen LogP contribution in [0, 0.1) is 11.8 Å². The summed E-state index contributed by atoms with van der Waals surface area (Å²) in [5.74, 6) is 1.59. The van der Waals surface area contributed by atoms with Gasteiger partial charge in [0.25, 0.3) is 0 Å². The van der Waals surface area contributed by atoms with E-state index < -0.39 is 64.1 Å². The highest BCUT2D eigenvalue weighted by Crippen LogP contribution is 2.38. The zero-order valence-corrected chi connectivity index (χ0v) is 19.4. The Morgan fingerprint density at radius 1 is 1.03 bits per heavy atom. The standard InChI is InChI=1S/C23H21F3O8S/c1-22(2,11-10-16-6-4-3-5-7-16)34-19-14-17(8-9-18(19)23(24,25)26)21(28)33-15-20(27)32-12-13-35(29,30)31/h3-9,14H,12-13,15H2,1-2H3,(H,29,30,31)/p-1. The fourth-order valence-electron chi connectivity index (χ4n) is 2.52. The lowest BCUT2D eigenvalue weighted by Crippen LogP contribution is -2.27. The molecule has 2 aromatic rings. The predicted octanol–water partition coefficient (Wildman–Crippen LogP) is 3.16. The fourth-order valence-corrected chi connectivity index (χ4v) is 2.81. The summed E-state index contributed by atoms with van der Waals surface area (Å²) in [4.78, 5) is 23.7. The largest absolute Gasteiger partial charge is 0.748 e. The van der Waals surface area contributed by atoms with Gasteiger partial charge in [0, 0.05) is 5.56 Å². The third-order valence-corrected chi connectivity index (χ3v) is 4.75. The average Bonchev–Trinajstić information content (AvgIpc) is 2.75. The number of rotatable bonds is 8. The summed E-state index contributed by atoms with van der Waals surface area (Å²) in [6, 6.07) is 11.0. The summed E-state index contributed by atoms with van der Waals surface area (Å²) >= 11 is 0. The molecule has 0 unspecified atom stereocenters. The number of esters is 2. The van der Waals surface area contributed by atoms with Gasteiger partial charge < -0.3 is 18.8 Å². The molecule has 0 radical (unpaired) electrons. The molecular weight excluding hydrogens is 493 g/mol. The van der Waals surface area contributed by atoms with Gasteiger partial charge in [-0.15, -0.1) is 0 Å². The van der Waals surface area contributed by atoms with Crippen LogP contribution in [0.5, 0.6) is 5.75 Å². The van der Waals surface area contributed by atoms with Gasteiger partial charge >= 0.3 is 18.1 Å². The molecule has 0 amide bonds. The van der Waals surface area contributed by atoms with E-state index in [1.807, 2.05) is 0 Å². The van der Waals surface area contributed by atoms with E-state index in [1.54, 1.807) is 30.3 Å². The molecule has 0 heterocycles. The maximum atomic E-state index is 13.5. The van der Waals surface area contributed by atoms with Crippen molar-refractivity contribution < 1.29 is 49.9 Å². The van der Waals surface area contributed by atoms with Gasteiger partial charge in [0.1, 0.15) is 12.4 Å². The molecule has 0 saturated heterocycles. The molecule has 0 N–H and O–H groups in total. The predicted molar refractivity (Wildman–Crippen MR) is 115 cm³/mol. The fraction of sp³-hybridized carbons (Fsp3) is 0.304.